The van der Waals surface area contributed by atoms with E-state index < -0.39 is 28.5 Å². The molecule has 10 heteroatoms. The highest BCUT2D eigenvalue weighted by molar-refractivity contribution is 7.92. The van der Waals surface area contributed by atoms with E-state index >= 15 is 0 Å². The highest BCUT2D eigenvalue weighted by Crippen LogP contribution is 2.30. The average Bonchev–Trinajstić information content (AvgIpc) is 2.82. The van der Waals surface area contributed by atoms with E-state index in [1.165, 1.54) is 4.90 Å². The Balaban J connectivity index is 2.49. The van der Waals surface area contributed by atoms with E-state index in [2.05, 4.69) is 5.32 Å². The number of para-hydroxylation sites is 2. The van der Waals surface area contributed by atoms with E-state index in [1.807, 2.05) is 13.0 Å². The fourth-order valence-corrected chi connectivity index (χ4v) is 4.57. The summed E-state index contributed by atoms with van der Waals surface area (Å²) in [6.07, 6.45) is 1.40. The second-order valence-corrected chi connectivity index (χ2v) is 9.77. The number of sulfonamides is 1. The topological polar surface area (TPSA) is 105 Å². The van der Waals surface area contributed by atoms with Crippen molar-refractivity contribution >= 4 is 27.5 Å². The minimum absolute atomic E-state index is 0.108. The van der Waals surface area contributed by atoms with Crippen molar-refractivity contribution in [1.82, 2.24) is 10.2 Å². The SMILES string of the molecule is CCNC(=O)C(CC)N(Cc1cccc(OC)c1)C(=O)CN(c1ccccc1OCC)S(C)(=O)=O. The van der Waals surface area contributed by atoms with Crippen LogP contribution in [0, 0.1) is 0 Å². The first-order chi connectivity index (χ1) is 16.7. The van der Waals surface area contributed by atoms with Crippen molar-refractivity contribution in [1.29, 1.82) is 0 Å². The molecule has 0 radical (unpaired) electrons. The van der Waals surface area contributed by atoms with Gasteiger partial charge in [-0.15, -0.1) is 0 Å². The van der Waals surface area contributed by atoms with E-state index in [-0.39, 0.29) is 18.1 Å². The maximum Gasteiger partial charge on any atom is 0.244 e. The molecule has 0 bridgehead atoms. The molecule has 0 aromatic heterocycles. The summed E-state index contributed by atoms with van der Waals surface area (Å²) in [6.45, 7) is 5.77. The van der Waals surface area contributed by atoms with Gasteiger partial charge in [-0.2, -0.15) is 0 Å². The maximum atomic E-state index is 13.7. The number of nitrogens with zero attached hydrogens (tertiary/aromatic N) is 2. The van der Waals surface area contributed by atoms with Crippen LogP contribution in [-0.2, 0) is 26.2 Å². The molecule has 0 aliphatic rings. The summed E-state index contributed by atoms with van der Waals surface area (Å²) in [7, 11) is -2.30. The summed E-state index contributed by atoms with van der Waals surface area (Å²) in [6, 6.07) is 13.1. The number of carbonyl (C=O) groups is 2. The molecule has 2 aromatic carbocycles. The molecule has 1 unspecified atom stereocenters. The molecular weight excluding hydrogens is 470 g/mol. The first-order valence-corrected chi connectivity index (χ1v) is 13.4. The molecule has 0 spiro atoms. The van der Waals surface area contributed by atoms with Gasteiger partial charge in [-0.3, -0.25) is 13.9 Å². The van der Waals surface area contributed by atoms with E-state index in [9.17, 15) is 18.0 Å². The summed E-state index contributed by atoms with van der Waals surface area (Å²) in [5.41, 5.74) is 1.01. The molecule has 2 amide bonds. The molecule has 0 aliphatic carbocycles. The summed E-state index contributed by atoms with van der Waals surface area (Å²) in [4.78, 5) is 27.9. The monoisotopic (exact) mass is 505 g/mol. The van der Waals surface area contributed by atoms with Crippen molar-refractivity contribution in [2.24, 2.45) is 0 Å². The Hall–Kier alpha value is -3.27. The average molecular weight is 506 g/mol. The van der Waals surface area contributed by atoms with Gasteiger partial charge in [-0.05, 0) is 50.1 Å². The van der Waals surface area contributed by atoms with Crippen molar-refractivity contribution in [2.75, 3.05) is 37.4 Å². The van der Waals surface area contributed by atoms with Crippen LogP contribution in [0.5, 0.6) is 11.5 Å². The van der Waals surface area contributed by atoms with Crippen molar-refractivity contribution in [3.8, 4) is 11.5 Å². The molecule has 0 aliphatic heterocycles. The molecule has 2 aromatic rings. The molecular formula is C25H35N3O6S. The van der Waals surface area contributed by atoms with Gasteiger partial charge in [0, 0.05) is 13.1 Å². The Kier molecular flexibility index (Phi) is 10.4. The van der Waals surface area contributed by atoms with E-state index in [0.29, 0.717) is 31.1 Å². The fourth-order valence-electron chi connectivity index (χ4n) is 3.71. The number of hydrogen-bond donors (Lipinski definition) is 1. The summed E-state index contributed by atoms with van der Waals surface area (Å²) in [5, 5.41) is 2.77. The van der Waals surface area contributed by atoms with Crippen LogP contribution in [0.4, 0.5) is 5.69 Å². The van der Waals surface area contributed by atoms with Crippen molar-refractivity contribution in [2.45, 2.75) is 39.8 Å². The molecule has 2 rings (SSSR count). The van der Waals surface area contributed by atoms with Crippen LogP contribution in [0.25, 0.3) is 0 Å². The molecule has 192 valence electrons. The zero-order valence-electron chi connectivity index (χ0n) is 21.0. The Morgan fingerprint density at radius 2 is 1.77 bits per heavy atom. The maximum absolute atomic E-state index is 13.7. The molecule has 9 nitrogen and oxygen atoms in total. The van der Waals surface area contributed by atoms with Crippen molar-refractivity contribution in [3.05, 3.63) is 54.1 Å². The number of likely N-dealkylation sites (N-methyl/N-ethyl adjacent to an activating group) is 1. The Bertz CT molecular complexity index is 1110. The number of benzene rings is 2. The summed E-state index contributed by atoms with van der Waals surface area (Å²) >= 11 is 0. The van der Waals surface area contributed by atoms with Crippen LogP contribution in [-0.4, -0.2) is 64.2 Å². The first-order valence-electron chi connectivity index (χ1n) is 11.6. The molecule has 0 saturated carbocycles. The number of methoxy groups -OCH3 is 1. The Morgan fingerprint density at radius 1 is 1.06 bits per heavy atom. The van der Waals surface area contributed by atoms with Gasteiger partial charge in [-0.25, -0.2) is 8.42 Å². The van der Waals surface area contributed by atoms with E-state index in [1.54, 1.807) is 63.4 Å². The minimum atomic E-state index is -3.85. The quantitative estimate of drug-likeness (QED) is 0.449. The molecule has 0 heterocycles. The van der Waals surface area contributed by atoms with Crippen LogP contribution in [0.15, 0.2) is 48.5 Å². The van der Waals surface area contributed by atoms with Crippen LogP contribution < -0.4 is 19.1 Å². The van der Waals surface area contributed by atoms with Crippen LogP contribution in [0.1, 0.15) is 32.8 Å². The lowest BCUT2D eigenvalue weighted by atomic mass is 10.1. The Labute approximate surface area is 208 Å². The van der Waals surface area contributed by atoms with Crippen LogP contribution in [0.2, 0.25) is 0 Å². The first kappa shape index (κ1) is 28.0. The summed E-state index contributed by atoms with van der Waals surface area (Å²) < 4.78 is 37.4. The minimum Gasteiger partial charge on any atom is -0.497 e. The third-order valence-corrected chi connectivity index (χ3v) is 6.46. The number of hydrogen-bond acceptors (Lipinski definition) is 6. The van der Waals surface area contributed by atoms with E-state index in [4.69, 9.17) is 9.47 Å². The number of nitrogens with one attached hydrogen (secondary N) is 1. The summed E-state index contributed by atoms with van der Waals surface area (Å²) in [5.74, 6) is 0.155. The third-order valence-electron chi connectivity index (χ3n) is 5.34. The van der Waals surface area contributed by atoms with Gasteiger partial charge >= 0.3 is 0 Å². The molecule has 1 N–H and O–H groups in total. The van der Waals surface area contributed by atoms with Crippen LogP contribution >= 0.6 is 0 Å². The second kappa shape index (κ2) is 13.0. The number of amides is 2. The number of anilines is 1. The fraction of sp³-hybridized carbons (Fsp3) is 0.440. The molecule has 0 fully saturated rings. The number of ether oxygens (including phenoxy) is 2. The highest BCUT2D eigenvalue weighted by atomic mass is 32.2. The smallest absolute Gasteiger partial charge is 0.244 e. The highest BCUT2D eigenvalue weighted by Gasteiger charge is 2.32. The van der Waals surface area contributed by atoms with Gasteiger partial charge in [0.05, 0.1) is 25.7 Å². The standard InChI is InChI=1S/C25H35N3O6S/c1-6-21(25(30)26-7-2)27(17-19-12-11-13-20(16-19)33-4)24(29)18-28(35(5,31)32)22-14-9-10-15-23(22)34-8-3/h9-16,21H,6-8,17-18H2,1-5H3,(H,26,30). The van der Waals surface area contributed by atoms with Gasteiger partial charge in [0.15, 0.2) is 0 Å². The van der Waals surface area contributed by atoms with Crippen molar-refractivity contribution < 1.29 is 27.5 Å². The largest absolute Gasteiger partial charge is 0.497 e. The van der Waals surface area contributed by atoms with Gasteiger partial charge in [0.25, 0.3) is 0 Å². The van der Waals surface area contributed by atoms with Gasteiger partial charge in [0.1, 0.15) is 24.1 Å². The van der Waals surface area contributed by atoms with Gasteiger partial charge in [-0.1, -0.05) is 31.2 Å². The third kappa shape index (κ3) is 7.61. The predicted molar refractivity (Wildman–Crippen MR) is 136 cm³/mol. The normalized spacial score (nSPS) is 11.9. The number of rotatable bonds is 13. The van der Waals surface area contributed by atoms with Gasteiger partial charge < -0.3 is 19.7 Å². The Morgan fingerprint density at radius 3 is 2.37 bits per heavy atom. The van der Waals surface area contributed by atoms with E-state index in [0.717, 1.165) is 16.1 Å². The van der Waals surface area contributed by atoms with Crippen molar-refractivity contribution in [3.63, 3.8) is 0 Å². The number of carbonyl (C=O) groups excluding carboxylic acids is 2. The zero-order valence-corrected chi connectivity index (χ0v) is 21.8. The second-order valence-electron chi connectivity index (χ2n) is 7.86. The van der Waals surface area contributed by atoms with Gasteiger partial charge in [0.2, 0.25) is 21.8 Å². The van der Waals surface area contributed by atoms with Crippen LogP contribution in [0.3, 0.4) is 0 Å². The molecule has 0 saturated heterocycles. The lowest BCUT2D eigenvalue weighted by Gasteiger charge is -2.33. The molecule has 35 heavy (non-hydrogen) atoms. The molecule has 1 atom stereocenters. The lowest BCUT2D eigenvalue weighted by Crippen LogP contribution is -2.52. The predicted octanol–water partition coefficient (Wildman–Crippen LogP) is 2.80. The zero-order chi connectivity index (χ0) is 26.0. The lowest BCUT2D eigenvalue weighted by molar-refractivity contribution is -0.140.